The summed E-state index contributed by atoms with van der Waals surface area (Å²) in [6, 6.07) is 12.3. The van der Waals surface area contributed by atoms with Crippen LogP contribution in [0.5, 0.6) is 5.75 Å². The monoisotopic (exact) mass is 337 g/mol. The molecule has 3 rings (SSSR count). The molecular weight excluding hydrogens is 320 g/mol. The first-order chi connectivity index (χ1) is 12.0. The van der Waals surface area contributed by atoms with Gasteiger partial charge in [0.1, 0.15) is 18.1 Å². The largest absolute Gasteiger partial charge is 0.543 e. The molecule has 0 aliphatic heterocycles. The number of fused-ring (bicyclic) bond motifs is 1. The molecular formula is C19H17N2O4-. The molecule has 0 saturated carbocycles. The number of carbonyl (C=O) groups is 1. The lowest BCUT2D eigenvalue weighted by atomic mass is 10.1. The smallest absolute Gasteiger partial charge is 0.274 e. The molecule has 2 aromatic carbocycles. The van der Waals surface area contributed by atoms with E-state index >= 15 is 0 Å². The molecule has 0 spiro atoms. The van der Waals surface area contributed by atoms with Gasteiger partial charge in [-0.1, -0.05) is 36.4 Å². The lowest BCUT2D eigenvalue weighted by Gasteiger charge is -2.14. The van der Waals surface area contributed by atoms with Crippen molar-refractivity contribution in [3.05, 3.63) is 69.6 Å². The van der Waals surface area contributed by atoms with E-state index in [9.17, 15) is 14.7 Å². The van der Waals surface area contributed by atoms with Gasteiger partial charge in [-0.25, -0.2) is 4.68 Å². The van der Waals surface area contributed by atoms with E-state index in [-0.39, 0.29) is 29.8 Å². The number of carboxylic acids is 1. The average Bonchev–Trinajstić information content (AvgIpc) is 2.59. The van der Waals surface area contributed by atoms with E-state index in [1.807, 2.05) is 32.0 Å². The zero-order chi connectivity index (χ0) is 18.0. The van der Waals surface area contributed by atoms with Crippen LogP contribution in [0.15, 0.2) is 47.3 Å². The molecule has 1 heterocycles. The van der Waals surface area contributed by atoms with E-state index < -0.39 is 5.97 Å². The van der Waals surface area contributed by atoms with Crippen LogP contribution in [0, 0.1) is 13.8 Å². The Kier molecular flexibility index (Phi) is 4.52. The maximum Gasteiger partial charge on any atom is 0.274 e. The minimum atomic E-state index is -1.42. The normalized spacial score (nSPS) is 10.8. The highest BCUT2D eigenvalue weighted by Crippen LogP contribution is 2.22. The third-order valence-electron chi connectivity index (χ3n) is 4.02. The predicted molar refractivity (Wildman–Crippen MR) is 91.7 cm³/mol. The predicted octanol–water partition coefficient (Wildman–Crippen LogP) is 1.46. The summed E-state index contributed by atoms with van der Waals surface area (Å²) in [6.45, 7) is 4.22. The number of aromatic nitrogens is 2. The average molecular weight is 337 g/mol. The molecule has 6 nitrogen and oxygen atoms in total. The highest BCUT2D eigenvalue weighted by atomic mass is 16.5. The summed E-state index contributed by atoms with van der Waals surface area (Å²) in [6.07, 6.45) is 0. The Morgan fingerprint density at radius 3 is 2.36 bits per heavy atom. The third-order valence-corrected chi connectivity index (χ3v) is 4.02. The van der Waals surface area contributed by atoms with Crippen molar-refractivity contribution >= 4 is 16.7 Å². The van der Waals surface area contributed by atoms with Gasteiger partial charge in [0.15, 0.2) is 0 Å². The minimum absolute atomic E-state index is 0.137. The fourth-order valence-electron chi connectivity index (χ4n) is 2.80. The van der Waals surface area contributed by atoms with Crippen molar-refractivity contribution < 1.29 is 14.6 Å². The minimum Gasteiger partial charge on any atom is -0.543 e. The van der Waals surface area contributed by atoms with Crippen molar-refractivity contribution in [2.45, 2.75) is 20.4 Å². The molecule has 25 heavy (non-hydrogen) atoms. The van der Waals surface area contributed by atoms with Gasteiger partial charge in [-0.2, -0.15) is 5.10 Å². The van der Waals surface area contributed by atoms with Crippen molar-refractivity contribution in [1.29, 1.82) is 0 Å². The fourth-order valence-corrected chi connectivity index (χ4v) is 2.80. The Labute approximate surface area is 144 Å². The number of hydrogen-bond acceptors (Lipinski definition) is 5. The second-order valence-corrected chi connectivity index (χ2v) is 5.78. The van der Waals surface area contributed by atoms with E-state index in [1.54, 1.807) is 24.3 Å². The Balaban J connectivity index is 1.90. The van der Waals surface area contributed by atoms with Crippen LogP contribution in [-0.2, 0) is 6.54 Å². The number of hydrogen-bond donors (Lipinski definition) is 0. The van der Waals surface area contributed by atoms with Crippen LogP contribution in [0.1, 0.15) is 21.6 Å². The van der Waals surface area contributed by atoms with Gasteiger partial charge >= 0.3 is 0 Å². The van der Waals surface area contributed by atoms with Crippen LogP contribution in [0.4, 0.5) is 0 Å². The van der Waals surface area contributed by atoms with Gasteiger partial charge < -0.3 is 14.6 Å². The Morgan fingerprint density at radius 1 is 1.08 bits per heavy atom. The molecule has 0 saturated heterocycles. The number of rotatable bonds is 5. The molecule has 1 aromatic heterocycles. The van der Waals surface area contributed by atoms with E-state index in [0.717, 1.165) is 21.6 Å². The van der Waals surface area contributed by atoms with Crippen molar-refractivity contribution in [2.75, 3.05) is 6.61 Å². The van der Waals surface area contributed by atoms with Crippen LogP contribution in [0.2, 0.25) is 0 Å². The first-order valence-corrected chi connectivity index (χ1v) is 7.89. The van der Waals surface area contributed by atoms with Gasteiger partial charge in [-0.05, 0) is 31.0 Å². The third kappa shape index (κ3) is 3.24. The molecule has 0 unspecified atom stereocenters. The molecule has 0 atom stereocenters. The van der Waals surface area contributed by atoms with Crippen molar-refractivity contribution in [3.63, 3.8) is 0 Å². The second-order valence-electron chi connectivity index (χ2n) is 5.78. The van der Waals surface area contributed by atoms with Gasteiger partial charge in [0.25, 0.3) is 5.56 Å². The zero-order valence-corrected chi connectivity index (χ0v) is 14.0. The molecule has 0 amide bonds. The quantitative estimate of drug-likeness (QED) is 0.704. The number of aryl methyl sites for hydroxylation is 2. The molecule has 128 valence electrons. The highest BCUT2D eigenvalue weighted by Gasteiger charge is 2.11. The molecule has 0 N–H and O–H groups in total. The number of benzene rings is 2. The maximum atomic E-state index is 12.5. The van der Waals surface area contributed by atoms with Gasteiger partial charge in [-0.15, -0.1) is 0 Å². The van der Waals surface area contributed by atoms with Crippen LogP contribution in [0.25, 0.3) is 10.8 Å². The van der Waals surface area contributed by atoms with Crippen LogP contribution in [0.3, 0.4) is 0 Å². The summed E-state index contributed by atoms with van der Waals surface area (Å²) in [5.41, 5.74) is 1.39. The summed E-state index contributed by atoms with van der Waals surface area (Å²) in [5.74, 6) is -0.655. The lowest BCUT2D eigenvalue weighted by Crippen LogP contribution is -2.32. The van der Waals surface area contributed by atoms with Gasteiger partial charge in [0, 0.05) is 5.39 Å². The molecule has 0 radical (unpaired) electrons. The number of aromatic carboxylic acids is 1. The standard InChI is InChI=1S/C19H18N2O4/c1-12-6-5-7-13(2)17(12)25-11-10-21-18(22)15-9-4-3-8-14(15)16(20-21)19(23)24/h3-9H,10-11H2,1-2H3,(H,23,24)/p-1. The highest BCUT2D eigenvalue weighted by molar-refractivity contribution is 6.00. The summed E-state index contributed by atoms with van der Waals surface area (Å²) >= 11 is 0. The first kappa shape index (κ1) is 16.7. The SMILES string of the molecule is Cc1cccc(C)c1OCCn1nc(C(=O)[O-])c2ccccc2c1=O. The maximum absolute atomic E-state index is 12.5. The van der Waals surface area contributed by atoms with Crippen LogP contribution < -0.4 is 15.4 Å². The number of carboxylic acid groups (broad SMARTS) is 1. The van der Waals surface area contributed by atoms with Gasteiger partial charge in [0.05, 0.1) is 17.9 Å². The molecule has 6 heteroatoms. The zero-order valence-electron chi connectivity index (χ0n) is 14.0. The molecule has 0 aliphatic rings. The first-order valence-electron chi connectivity index (χ1n) is 7.89. The second kappa shape index (κ2) is 6.76. The topological polar surface area (TPSA) is 84.2 Å². The summed E-state index contributed by atoms with van der Waals surface area (Å²) in [7, 11) is 0. The molecule has 3 aromatic rings. The van der Waals surface area contributed by atoms with E-state index in [0.29, 0.717) is 5.39 Å². The summed E-state index contributed by atoms with van der Waals surface area (Å²) in [4.78, 5) is 23.9. The molecule has 0 fully saturated rings. The Hall–Kier alpha value is -3.15. The summed E-state index contributed by atoms with van der Waals surface area (Å²) < 4.78 is 6.89. The summed E-state index contributed by atoms with van der Waals surface area (Å²) in [5, 5.41) is 15.9. The van der Waals surface area contributed by atoms with Gasteiger partial charge in [0.2, 0.25) is 0 Å². The fraction of sp³-hybridized carbons (Fsp3) is 0.211. The Morgan fingerprint density at radius 2 is 1.72 bits per heavy atom. The van der Waals surface area contributed by atoms with Crippen molar-refractivity contribution in [1.82, 2.24) is 9.78 Å². The molecule has 0 bridgehead atoms. The molecule has 0 aliphatic carbocycles. The number of ether oxygens (including phenoxy) is 1. The van der Waals surface area contributed by atoms with Crippen molar-refractivity contribution in [2.24, 2.45) is 0 Å². The van der Waals surface area contributed by atoms with Crippen molar-refractivity contribution in [3.8, 4) is 5.75 Å². The van der Waals surface area contributed by atoms with Gasteiger partial charge in [-0.3, -0.25) is 4.79 Å². The number of carbonyl (C=O) groups excluding carboxylic acids is 1. The lowest BCUT2D eigenvalue weighted by molar-refractivity contribution is -0.255. The van der Waals surface area contributed by atoms with Crippen LogP contribution in [-0.4, -0.2) is 22.4 Å². The van der Waals surface area contributed by atoms with Crippen LogP contribution >= 0.6 is 0 Å². The Bertz CT molecular complexity index is 988. The number of para-hydroxylation sites is 1. The van der Waals surface area contributed by atoms with E-state index in [1.165, 1.54) is 0 Å². The van der Waals surface area contributed by atoms with E-state index in [4.69, 9.17) is 4.74 Å². The van der Waals surface area contributed by atoms with E-state index in [2.05, 4.69) is 5.10 Å². The number of nitrogens with zero attached hydrogens (tertiary/aromatic N) is 2.